The van der Waals surface area contributed by atoms with Crippen molar-refractivity contribution < 1.29 is 14.7 Å². The van der Waals surface area contributed by atoms with Gasteiger partial charge in [0.2, 0.25) is 5.91 Å². The van der Waals surface area contributed by atoms with E-state index >= 15 is 0 Å². The Bertz CT molecular complexity index is 406. The Morgan fingerprint density at radius 3 is 2.82 bits per heavy atom. The topological polar surface area (TPSA) is 66.4 Å². The van der Waals surface area contributed by atoms with Crippen molar-refractivity contribution in [3.05, 3.63) is 29.8 Å². The molecular weight excluding hydrogens is 238 g/mol. The number of carboxylic acid groups (broad SMARTS) is 1. The van der Waals surface area contributed by atoms with E-state index in [0.29, 0.717) is 17.9 Å². The van der Waals surface area contributed by atoms with Crippen LogP contribution in [0.5, 0.6) is 0 Å². The van der Waals surface area contributed by atoms with Gasteiger partial charge >= 0.3 is 5.97 Å². The van der Waals surface area contributed by atoms with Gasteiger partial charge in [-0.25, -0.2) is 0 Å². The van der Waals surface area contributed by atoms with Crippen molar-refractivity contribution >= 4 is 29.3 Å². The summed E-state index contributed by atoms with van der Waals surface area (Å²) in [6, 6.07) is 7.27. The van der Waals surface area contributed by atoms with Gasteiger partial charge in [-0.1, -0.05) is 12.1 Å². The van der Waals surface area contributed by atoms with E-state index in [-0.39, 0.29) is 12.3 Å². The van der Waals surface area contributed by atoms with Gasteiger partial charge in [0, 0.05) is 12.1 Å². The summed E-state index contributed by atoms with van der Waals surface area (Å²) in [7, 11) is 0. The molecule has 0 fully saturated rings. The maximum absolute atomic E-state index is 11.4. The summed E-state index contributed by atoms with van der Waals surface area (Å²) in [4.78, 5) is 21.8. The summed E-state index contributed by atoms with van der Waals surface area (Å²) in [6.07, 6.45) is 2.44. The van der Waals surface area contributed by atoms with Crippen molar-refractivity contribution in [2.45, 2.75) is 12.8 Å². The Labute approximate surface area is 104 Å². The number of hydrogen-bond acceptors (Lipinski definition) is 3. The van der Waals surface area contributed by atoms with Crippen molar-refractivity contribution in [2.24, 2.45) is 0 Å². The molecule has 4 nitrogen and oxygen atoms in total. The standard InChI is InChI=1S/C12H15NO3S/c1-17-8-11(14)13-10-4-2-3-9(7-10)5-6-12(15)16/h2-4,7H,5-6,8H2,1H3,(H,13,14)(H,15,16). The van der Waals surface area contributed by atoms with Crippen LogP contribution in [-0.4, -0.2) is 29.0 Å². The lowest BCUT2D eigenvalue weighted by Crippen LogP contribution is -2.13. The fourth-order valence-corrected chi connectivity index (χ4v) is 1.72. The molecule has 0 saturated heterocycles. The molecule has 1 aromatic carbocycles. The molecule has 0 saturated carbocycles. The van der Waals surface area contributed by atoms with Crippen molar-refractivity contribution in [1.29, 1.82) is 0 Å². The minimum absolute atomic E-state index is 0.0483. The number of hydrogen-bond donors (Lipinski definition) is 2. The van der Waals surface area contributed by atoms with Gasteiger partial charge in [0.15, 0.2) is 0 Å². The number of aliphatic carboxylic acids is 1. The molecule has 0 aliphatic rings. The predicted octanol–water partition coefficient (Wildman–Crippen LogP) is 2.01. The second-order valence-corrected chi connectivity index (χ2v) is 4.44. The van der Waals surface area contributed by atoms with Crippen molar-refractivity contribution in [1.82, 2.24) is 0 Å². The van der Waals surface area contributed by atoms with Gasteiger partial charge in [-0.3, -0.25) is 9.59 Å². The monoisotopic (exact) mass is 253 g/mol. The zero-order chi connectivity index (χ0) is 12.7. The van der Waals surface area contributed by atoms with Crippen LogP contribution in [0.1, 0.15) is 12.0 Å². The normalized spacial score (nSPS) is 9.94. The van der Waals surface area contributed by atoms with Gasteiger partial charge in [0.25, 0.3) is 0 Å². The van der Waals surface area contributed by atoms with E-state index in [0.717, 1.165) is 5.56 Å². The summed E-state index contributed by atoms with van der Waals surface area (Å²) >= 11 is 1.46. The molecule has 0 bridgehead atoms. The zero-order valence-corrected chi connectivity index (χ0v) is 10.4. The minimum Gasteiger partial charge on any atom is -0.481 e. The third kappa shape index (κ3) is 5.40. The van der Waals surface area contributed by atoms with E-state index in [4.69, 9.17) is 5.11 Å². The molecule has 0 aliphatic heterocycles. The van der Waals surface area contributed by atoms with Crippen LogP contribution in [0.3, 0.4) is 0 Å². The van der Waals surface area contributed by atoms with E-state index in [9.17, 15) is 9.59 Å². The first-order chi connectivity index (χ1) is 8.11. The summed E-state index contributed by atoms with van der Waals surface area (Å²) in [5, 5.41) is 11.4. The quantitative estimate of drug-likeness (QED) is 0.813. The molecule has 5 heteroatoms. The molecule has 0 unspecified atom stereocenters. The number of aryl methyl sites for hydroxylation is 1. The van der Waals surface area contributed by atoms with Crippen LogP contribution in [0, 0.1) is 0 Å². The molecule has 0 radical (unpaired) electrons. The maximum atomic E-state index is 11.4. The number of amides is 1. The average Bonchev–Trinajstić information content (AvgIpc) is 2.27. The van der Waals surface area contributed by atoms with E-state index in [1.807, 2.05) is 18.4 Å². The largest absolute Gasteiger partial charge is 0.481 e. The summed E-state index contributed by atoms with van der Waals surface area (Å²) < 4.78 is 0. The third-order valence-electron chi connectivity index (χ3n) is 2.11. The lowest BCUT2D eigenvalue weighted by Gasteiger charge is -2.06. The van der Waals surface area contributed by atoms with Crippen molar-refractivity contribution in [2.75, 3.05) is 17.3 Å². The van der Waals surface area contributed by atoms with Crippen LogP contribution in [0.15, 0.2) is 24.3 Å². The van der Waals surface area contributed by atoms with E-state index < -0.39 is 5.97 Å². The van der Waals surface area contributed by atoms with Crippen LogP contribution in [-0.2, 0) is 16.0 Å². The van der Waals surface area contributed by atoms with Gasteiger partial charge in [0.05, 0.1) is 5.75 Å². The highest BCUT2D eigenvalue weighted by Crippen LogP contribution is 2.12. The number of anilines is 1. The van der Waals surface area contributed by atoms with Gasteiger partial charge in [-0.05, 0) is 30.4 Å². The number of carbonyl (C=O) groups excluding carboxylic acids is 1. The molecule has 17 heavy (non-hydrogen) atoms. The number of rotatable bonds is 6. The molecule has 1 rings (SSSR count). The second-order valence-electron chi connectivity index (χ2n) is 3.58. The minimum atomic E-state index is -0.818. The predicted molar refractivity (Wildman–Crippen MR) is 69.4 cm³/mol. The molecule has 0 aromatic heterocycles. The fourth-order valence-electron chi connectivity index (χ4n) is 1.38. The Balaban J connectivity index is 2.59. The van der Waals surface area contributed by atoms with E-state index in [1.165, 1.54) is 11.8 Å². The first-order valence-electron chi connectivity index (χ1n) is 5.21. The first-order valence-corrected chi connectivity index (χ1v) is 6.60. The lowest BCUT2D eigenvalue weighted by atomic mass is 10.1. The summed E-state index contributed by atoms with van der Waals surface area (Å²) in [5.41, 5.74) is 1.63. The van der Waals surface area contributed by atoms with E-state index in [1.54, 1.807) is 12.1 Å². The summed E-state index contributed by atoms with van der Waals surface area (Å²) in [5.74, 6) is -0.450. The second kappa shape index (κ2) is 6.96. The van der Waals surface area contributed by atoms with Crippen LogP contribution in [0.25, 0.3) is 0 Å². The average molecular weight is 253 g/mol. The van der Waals surface area contributed by atoms with Crippen molar-refractivity contribution in [3.63, 3.8) is 0 Å². The van der Waals surface area contributed by atoms with Crippen LogP contribution in [0.4, 0.5) is 5.69 Å². The zero-order valence-electron chi connectivity index (χ0n) is 9.60. The molecule has 1 amide bonds. The van der Waals surface area contributed by atoms with Crippen molar-refractivity contribution in [3.8, 4) is 0 Å². The highest BCUT2D eigenvalue weighted by molar-refractivity contribution is 7.99. The highest BCUT2D eigenvalue weighted by Gasteiger charge is 2.03. The first kappa shape index (κ1) is 13.6. The van der Waals surface area contributed by atoms with Crippen LogP contribution in [0.2, 0.25) is 0 Å². The molecular formula is C12H15NO3S. The maximum Gasteiger partial charge on any atom is 0.303 e. The Hall–Kier alpha value is -1.49. The van der Waals surface area contributed by atoms with Gasteiger partial charge in [-0.2, -0.15) is 11.8 Å². The lowest BCUT2D eigenvalue weighted by molar-refractivity contribution is -0.137. The molecule has 92 valence electrons. The molecule has 0 atom stereocenters. The SMILES string of the molecule is CSCC(=O)Nc1cccc(CCC(=O)O)c1. The van der Waals surface area contributed by atoms with Gasteiger partial charge in [0.1, 0.15) is 0 Å². The number of thioether (sulfide) groups is 1. The van der Waals surface area contributed by atoms with Crippen LogP contribution >= 0.6 is 11.8 Å². The van der Waals surface area contributed by atoms with Gasteiger partial charge < -0.3 is 10.4 Å². The Morgan fingerprint density at radius 2 is 2.18 bits per heavy atom. The number of benzene rings is 1. The number of carbonyl (C=O) groups is 2. The van der Waals surface area contributed by atoms with Gasteiger partial charge in [-0.15, -0.1) is 0 Å². The smallest absolute Gasteiger partial charge is 0.303 e. The molecule has 2 N–H and O–H groups in total. The molecule has 0 aliphatic carbocycles. The third-order valence-corrected chi connectivity index (χ3v) is 2.66. The number of carboxylic acids is 1. The molecule has 0 spiro atoms. The van der Waals surface area contributed by atoms with E-state index in [2.05, 4.69) is 5.32 Å². The number of nitrogens with one attached hydrogen (secondary N) is 1. The fraction of sp³-hybridized carbons (Fsp3) is 0.333. The Morgan fingerprint density at radius 1 is 1.41 bits per heavy atom. The van der Waals surface area contributed by atoms with Crippen LogP contribution < -0.4 is 5.32 Å². The molecule has 0 heterocycles. The Kier molecular flexibility index (Phi) is 5.56. The summed E-state index contributed by atoms with van der Waals surface area (Å²) in [6.45, 7) is 0. The highest BCUT2D eigenvalue weighted by atomic mass is 32.2. The molecule has 1 aromatic rings.